The van der Waals surface area contributed by atoms with E-state index in [4.69, 9.17) is 14.7 Å². The molecule has 6 heteroatoms. The molecular formula is C21H32N4O2. The quantitative estimate of drug-likeness (QED) is 0.799. The van der Waals surface area contributed by atoms with E-state index in [-0.39, 0.29) is 18.1 Å². The number of anilines is 1. The highest BCUT2D eigenvalue weighted by atomic mass is 16.5. The average molecular weight is 373 g/mol. The van der Waals surface area contributed by atoms with Crippen molar-refractivity contribution in [3.63, 3.8) is 0 Å². The van der Waals surface area contributed by atoms with E-state index < -0.39 is 0 Å². The number of aromatic nitrogens is 2. The van der Waals surface area contributed by atoms with E-state index in [1.807, 2.05) is 6.92 Å². The van der Waals surface area contributed by atoms with E-state index in [0.29, 0.717) is 12.5 Å². The SMILES string of the molecule is Cc1nc2c(c(N3C[C@@H](C)O[C@H](C)C3)n1)CN(C(=O)C1CCCCC1)CC2. The van der Waals surface area contributed by atoms with Gasteiger partial charge in [0, 0.05) is 37.5 Å². The molecule has 27 heavy (non-hydrogen) atoms. The molecule has 1 aromatic rings. The zero-order valence-corrected chi connectivity index (χ0v) is 16.9. The van der Waals surface area contributed by atoms with Crippen LogP contribution in [0.1, 0.15) is 63.0 Å². The van der Waals surface area contributed by atoms with Crippen LogP contribution in [0.15, 0.2) is 0 Å². The average Bonchev–Trinajstić information content (AvgIpc) is 2.66. The first-order valence-corrected chi connectivity index (χ1v) is 10.6. The smallest absolute Gasteiger partial charge is 0.225 e. The number of morpholine rings is 1. The molecule has 6 nitrogen and oxygen atoms in total. The standard InChI is InChI=1S/C21H32N4O2/c1-14-11-25(12-15(2)27-14)20-18-13-24(10-9-19(18)22-16(3)23-20)21(26)17-7-5-4-6-8-17/h14-15,17H,4-13H2,1-3H3/t14-,15-/m1/s1. The van der Waals surface area contributed by atoms with Gasteiger partial charge in [-0.05, 0) is 33.6 Å². The Kier molecular flexibility index (Phi) is 5.35. The van der Waals surface area contributed by atoms with Gasteiger partial charge in [0.1, 0.15) is 11.6 Å². The van der Waals surface area contributed by atoms with Crippen molar-refractivity contribution < 1.29 is 9.53 Å². The summed E-state index contributed by atoms with van der Waals surface area (Å²) in [6.45, 7) is 9.31. The number of carbonyl (C=O) groups is 1. The van der Waals surface area contributed by atoms with Crippen LogP contribution in [0.25, 0.3) is 0 Å². The van der Waals surface area contributed by atoms with Crippen molar-refractivity contribution in [2.24, 2.45) is 5.92 Å². The Morgan fingerprint density at radius 1 is 1.07 bits per heavy atom. The lowest BCUT2D eigenvalue weighted by Gasteiger charge is -2.39. The van der Waals surface area contributed by atoms with Crippen LogP contribution in [-0.2, 0) is 22.5 Å². The predicted octanol–water partition coefficient (Wildman–Crippen LogP) is 2.86. The van der Waals surface area contributed by atoms with Crippen molar-refractivity contribution in [3.05, 3.63) is 17.1 Å². The lowest BCUT2D eigenvalue weighted by molar-refractivity contribution is -0.137. The molecular weight excluding hydrogens is 340 g/mol. The third-order valence-corrected chi connectivity index (χ3v) is 6.14. The number of hydrogen-bond donors (Lipinski definition) is 0. The maximum Gasteiger partial charge on any atom is 0.225 e. The maximum absolute atomic E-state index is 13.1. The van der Waals surface area contributed by atoms with Crippen molar-refractivity contribution in [3.8, 4) is 0 Å². The molecule has 1 saturated carbocycles. The van der Waals surface area contributed by atoms with Crippen LogP contribution in [0.2, 0.25) is 0 Å². The second kappa shape index (κ2) is 7.74. The topological polar surface area (TPSA) is 58.6 Å². The molecule has 148 valence electrons. The molecule has 0 radical (unpaired) electrons. The number of fused-ring (bicyclic) bond motifs is 1. The van der Waals surface area contributed by atoms with E-state index in [0.717, 1.165) is 61.8 Å². The maximum atomic E-state index is 13.1. The number of nitrogens with zero attached hydrogens (tertiary/aromatic N) is 4. The highest BCUT2D eigenvalue weighted by Crippen LogP contribution is 2.31. The van der Waals surface area contributed by atoms with Gasteiger partial charge in [-0.2, -0.15) is 0 Å². The van der Waals surface area contributed by atoms with Crippen molar-refractivity contribution in [1.82, 2.24) is 14.9 Å². The Labute approximate surface area is 162 Å². The monoisotopic (exact) mass is 372 g/mol. The Bertz CT molecular complexity index is 692. The predicted molar refractivity (Wildman–Crippen MR) is 105 cm³/mol. The number of aryl methyl sites for hydroxylation is 1. The van der Waals surface area contributed by atoms with Gasteiger partial charge in [-0.25, -0.2) is 9.97 Å². The summed E-state index contributed by atoms with van der Waals surface area (Å²) in [5.74, 6) is 2.40. The third kappa shape index (κ3) is 3.96. The number of rotatable bonds is 2. The zero-order valence-electron chi connectivity index (χ0n) is 16.9. The first-order valence-electron chi connectivity index (χ1n) is 10.6. The molecule has 0 unspecified atom stereocenters. The van der Waals surface area contributed by atoms with Crippen LogP contribution in [0.4, 0.5) is 5.82 Å². The third-order valence-electron chi connectivity index (χ3n) is 6.14. The number of carbonyl (C=O) groups excluding carboxylic acids is 1. The molecule has 0 bridgehead atoms. The summed E-state index contributed by atoms with van der Waals surface area (Å²) < 4.78 is 5.90. The minimum atomic E-state index is 0.184. The summed E-state index contributed by atoms with van der Waals surface area (Å²) in [6, 6.07) is 0. The normalized spacial score (nSPS) is 26.8. The van der Waals surface area contributed by atoms with Gasteiger partial charge in [0.05, 0.1) is 24.4 Å². The number of amides is 1. The van der Waals surface area contributed by atoms with Gasteiger partial charge < -0.3 is 14.5 Å². The molecule has 1 aromatic heterocycles. The minimum Gasteiger partial charge on any atom is -0.372 e. The van der Waals surface area contributed by atoms with Crippen LogP contribution >= 0.6 is 0 Å². The van der Waals surface area contributed by atoms with Gasteiger partial charge in [-0.1, -0.05) is 19.3 Å². The Balaban J connectivity index is 1.59. The van der Waals surface area contributed by atoms with Crippen LogP contribution < -0.4 is 4.90 Å². The van der Waals surface area contributed by atoms with Gasteiger partial charge >= 0.3 is 0 Å². The van der Waals surface area contributed by atoms with Gasteiger partial charge in [0.15, 0.2) is 0 Å². The molecule has 2 fully saturated rings. The van der Waals surface area contributed by atoms with Crippen molar-refractivity contribution in [2.45, 2.75) is 78.0 Å². The van der Waals surface area contributed by atoms with E-state index in [1.54, 1.807) is 0 Å². The molecule has 1 aliphatic carbocycles. The second-order valence-corrected chi connectivity index (χ2v) is 8.53. The van der Waals surface area contributed by atoms with Crippen molar-refractivity contribution in [1.29, 1.82) is 0 Å². The van der Waals surface area contributed by atoms with E-state index >= 15 is 0 Å². The van der Waals surface area contributed by atoms with Gasteiger partial charge in [0.2, 0.25) is 5.91 Å². The summed E-state index contributed by atoms with van der Waals surface area (Å²) >= 11 is 0. The lowest BCUT2D eigenvalue weighted by atomic mass is 9.87. The molecule has 3 aliphatic rings. The molecule has 1 amide bonds. The Morgan fingerprint density at radius 3 is 2.48 bits per heavy atom. The highest BCUT2D eigenvalue weighted by molar-refractivity contribution is 5.79. The second-order valence-electron chi connectivity index (χ2n) is 8.53. The molecule has 4 rings (SSSR count). The molecule has 0 spiro atoms. The van der Waals surface area contributed by atoms with Crippen LogP contribution in [0.5, 0.6) is 0 Å². The van der Waals surface area contributed by atoms with Crippen LogP contribution in [0, 0.1) is 12.8 Å². The number of ether oxygens (including phenoxy) is 1. The van der Waals surface area contributed by atoms with E-state index in [1.165, 1.54) is 19.3 Å². The molecule has 2 aliphatic heterocycles. The fourth-order valence-electron chi connectivity index (χ4n) is 4.93. The molecule has 1 saturated heterocycles. The van der Waals surface area contributed by atoms with Crippen LogP contribution in [-0.4, -0.2) is 52.6 Å². The van der Waals surface area contributed by atoms with E-state index in [9.17, 15) is 4.79 Å². The first kappa shape index (κ1) is 18.7. The summed E-state index contributed by atoms with van der Waals surface area (Å²) in [5, 5.41) is 0. The molecule has 3 heterocycles. The lowest BCUT2D eigenvalue weighted by Crippen LogP contribution is -2.47. The zero-order chi connectivity index (χ0) is 19.0. The summed E-state index contributed by atoms with van der Waals surface area (Å²) in [5.41, 5.74) is 2.27. The fraction of sp³-hybridized carbons (Fsp3) is 0.762. The first-order chi connectivity index (χ1) is 13.0. The molecule has 2 atom stereocenters. The largest absolute Gasteiger partial charge is 0.372 e. The van der Waals surface area contributed by atoms with E-state index in [2.05, 4.69) is 23.6 Å². The van der Waals surface area contributed by atoms with Crippen molar-refractivity contribution in [2.75, 3.05) is 24.5 Å². The van der Waals surface area contributed by atoms with Gasteiger partial charge in [-0.15, -0.1) is 0 Å². The highest BCUT2D eigenvalue weighted by Gasteiger charge is 2.33. The molecule has 0 aromatic carbocycles. The summed E-state index contributed by atoms with van der Waals surface area (Å²) in [6.07, 6.45) is 6.97. The number of hydrogen-bond acceptors (Lipinski definition) is 5. The Morgan fingerprint density at radius 2 is 1.78 bits per heavy atom. The minimum absolute atomic E-state index is 0.184. The fourth-order valence-corrected chi connectivity index (χ4v) is 4.93. The van der Waals surface area contributed by atoms with Crippen LogP contribution in [0.3, 0.4) is 0 Å². The van der Waals surface area contributed by atoms with Gasteiger partial charge in [-0.3, -0.25) is 4.79 Å². The van der Waals surface area contributed by atoms with Gasteiger partial charge in [0.25, 0.3) is 0 Å². The summed E-state index contributed by atoms with van der Waals surface area (Å²) in [7, 11) is 0. The molecule has 0 N–H and O–H groups in total. The van der Waals surface area contributed by atoms with Crippen molar-refractivity contribution >= 4 is 11.7 Å². The summed E-state index contributed by atoms with van der Waals surface area (Å²) in [4.78, 5) is 27.0. The Hall–Kier alpha value is -1.69.